The van der Waals surface area contributed by atoms with Crippen molar-refractivity contribution in [3.05, 3.63) is 27.1 Å². The topological polar surface area (TPSA) is 74.0 Å². The molecule has 1 fully saturated rings. The number of nitrogens with one attached hydrogen (secondary N) is 3. The largest absolute Gasteiger partial charge is 0.326 e. The summed E-state index contributed by atoms with van der Waals surface area (Å²) >= 11 is 3.25. The van der Waals surface area contributed by atoms with Gasteiger partial charge >= 0.3 is 0 Å². The molecule has 5 nitrogen and oxygen atoms in total. The van der Waals surface area contributed by atoms with Crippen LogP contribution in [0, 0.1) is 5.92 Å². The second-order valence-electron chi connectivity index (χ2n) is 4.09. The molecule has 2 heterocycles. The molecule has 1 aliphatic rings. The lowest BCUT2D eigenvalue weighted by atomic mass is 9.99. The predicted octanol–water partition coefficient (Wildman–Crippen LogP) is 1.92. The van der Waals surface area contributed by atoms with Gasteiger partial charge in [0.1, 0.15) is 5.69 Å². The average molecular weight is 373 g/mol. The molecule has 0 spiro atoms. The highest BCUT2D eigenvalue weighted by molar-refractivity contribution is 9.10. The summed E-state index contributed by atoms with van der Waals surface area (Å²) < 4.78 is 0.731. The van der Waals surface area contributed by atoms with E-state index < -0.39 is 0 Å². The molecule has 1 aromatic rings. The Bertz CT molecular complexity index is 475. The molecule has 108 valence electrons. The van der Waals surface area contributed by atoms with E-state index in [9.17, 15) is 9.59 Å². The van der Waals surface area contributed by atoms with Gasteiger partial charge in [0.2, 0.25) is 5.91 Å². The van der Waals surface area contributed by atoms with Gasteiger partial charge in [0, 0.05) is 17.2 Å². The predicted molar refractivity (Wildman–Crippen MR) is 83.5 cm³/mol. The Kier molecular flexibility index (Phi) is 8.33. The minimum atomic E-state index is -0.287. The molecule has 0 aliphatic carbocycles. The molecule has 1 atom stereocenters. The number of carbonyl (C=O) groups is 1. The van der Waals surface area contributed by atoms with E-state index in [0.717, 1.165) is 23.9 Å². The molecule has 1 unspecified atom stereocenters. The zero-order valence-corrected chi connectivity index (χ0v) is 13.3. The van der Waals surface area contributed by atoms with Crippen molar-refractivity contribution in [3.8, 4) is 0 Å². The molecular formula is C11H16BrCl2N3O2. The van der Waals surface area contributed by atoms with Gasteiger partial charge < -0.3 is 15.6 Å². The Morgan fingerprint density at radius 2 is 2.16 bits per heavy atom. The third kappa shape index (κ3) is 5.14. The second-order valence-corrected chi connectivity index (χ2v) is 5.01. The van der Waals surface area contributed by atoms with E-state index in [0.29, 0.717) is 6.54 Å². The minimum Gasteiger partial charge on any atom is -0.326 e. The Hall–Kier alpha value is -0.560. The minimum absolute atomic E-state index is 0. The molecule has 1 aliphatic heterocycles. The van der Waals surface area contributed by atoms with Crippen LogP contribution in [0.3, 0.4) is 0 Å². The highest BCUT2D eigenvalue weighted by Crippen LogP contribution is 2.14. The Labute approximate surface area is 131 Å². The number of piperidine rings is 1. The maximum atomic E-state index is 11.9. The normalized spacial score (nSPS) is 17.8. The number of aromatic nitrogens is 1. The molecule has 3 N–H and O–H groups in total. The summed E-state index contributed by atoms with van der Waals surface area (Å²) in [6.07, 6.45) is 3.40. The highest BCUT2D eigenvalue weighted by Gasteiger charge is 2.21. The van der Waals surface area contributed by atoms with Crippen LogP contribution in [0.15, 0.2) is 21.5 Å². The first-order valence-electron chi connectivity index (χ1n) is 5.56. The molecule has 1 amide bonds. The van der Waals surface area contributed by atoms with E-state index in [1.54, 1.807) is 12.3 Å². The van der Waals surface area contributed by atoms with Gasteiger partial charge in [-0.3, -0.25) is 9.59 Å². The van der Waals surface area contributed by atoms with Crippen LogP contribution in [0.2, 0.25) is 0 Å². The van der Waals surface area contributed by atoms with Gasteiger partial charge in [0.05, 0.1) is 5.92 Å². The maximum Gasteiger partial charge on any atom is 0.271 e. The lowest BCUT2D eigenvalue weighted by Crippen LogP contribution is -2.38. The van der Waals surface area contributed by atoms with Gasteiger partial charge in [-0.25, -0.2) is 0 Å². The van der Waals surface area contributed by atoms with Crippen LogP contribution in [-0.2, 0) is 4.79 Å². The molecular weight excluding hydrogens is 357 g/mol. The number of pyridine rings is 1. The van der Waals surface area contributed by atoms with Gasteiger partial charge in [-0.05, 0) is 41.4 Å². The zero-order valence-electron chi connectivity index (χ0n) is 10.1. The number of anilines is 1. The number of rotatable bonds is 2. The first-order chi connectivity index (χ1) is 8.16. The highest BCUT2D eigenvalue weighted by atomic mass is 79.9. The van der Waals surface area contributed by atoms with Crippen molar-refractivity contribution in [2.24, 2.45) is 5.92 Å². The second kappa shape index (κ2) is 8.58. The quantitative estimate of drug-likeness (QED) is 0.742. The fraction of sp³-hybridized carbons (Fsp3) is 0.455. The Morgan fingerprint density at radius 1 is 1.42 bits per heavy atom. The standard InChI is InChI=1S/C11H14BrN3O2.2ClH/c12-8-4-9(11(17)14-6-8)15-10(16)7-2-1-3-13-5-7;;/h4,6-7,13H,1-3,5H2,(H,14,17)(H,15,16);2*1H. The molecule has 1 saturated heterocycles. The van der Waals surface area contributed by atoms with Crippen molar-refractivity contribution in [1.82, 2.24) is 10.3 Å². The van der Waals surface area contributed by atoms with E-state index >= 15 is 0 Å². The molecule has 19 heavy (non-hydrogen) atoms. The number of amides is 1. The monoisotopic (exact) mass is 371 g/mol. The smallest absolute Gasteiger partial charge is 0.271 e. The number of aromatic amines is 1. The van der Waals surface area contributed by atoms with Crippen molar-refractivity contribution >= 4 is 52.3 Å². The van der Waals surface area contributed by atoms with Crippen LogP contribution in [0.4, 0.5) is 5.69 Å². The lowest BCUT2D eigenvalue weighted by molar-refractivity contribution is -0.120. The van der Waals surface area contributed by atoms with Crippen molar-refractivity contribution in [2.75, 3.05) is 18.4 Å². The van der Waals surface area contributed by atoms with E-state index in [4.69, 9.17) is 0 Å². The van der Waals surface area contributed by atoms with Crippen LogP contribution in [0.25, 0.3) is 0 Å². The molecule has 0 radical (unpaired) electrons. The Morgan fingerprint density at radius 3 is 2.79 bits per heavy atom. The van der Waals surface area contributed by atoms with E-state index in [-0.39, 0.29) is 47.9 Å². The summed E-state index contributed by atoms with van der Waals surface area (Å²) in [6.45, 7) is 1.64. The lowest BCUT2D eigenvalue weighted by Gasteiger charge is -2.21. The molecule has 1 aromatic heterocycles. The van der Waals surface area contributed by atoms with Crippen molar-refractivity contribution < 1.29 is 4.79 Å². The fourth-order valence-electron chi connectivity index (χ4n) is 1.86. The van der Waals surface area contributed by atoms with E-state index in [1.807, 2.05) is 0 Å². The third-order valence-corrected chi connectivity index (χ3v) is 3.25. The number of hydrogen-bond donors (Lipinski definition) is 3. The van der Waals surface area contributed by atoms with E-state index in [2.05, 4.69) is 31.5 Å². The fourth-order valence-corrected chi connectivity index (χ4v) is 2.20. The molecule has 8 heteroatoms. The van der Waals surface area contributed by atoms with Crippen LogP contribution in [0.5, 0.6) is 0 Å². The first-order valence-corrected chi connectivity index (χ1v) is 6.36. The molecule has 0 aromatic carbocycles. The molecule has 0 bridgehead atoms. The van der Waals surface area contributed by atoms with Crippen LogP contribution >= 0.6 is 40.7 Å². The summed E-state index contributed by atoms with van der Waals surface area (Å²) in [5.74, 6) is -0.150. The first kappa shape index (κ1) is 18.4. The SMILES string of the molecule is Cl.Cl.O=C(Nc1cc(Br)c[nH]c1=O)C1CCCNC1. The summed E-state index contributed by atoms with van der Waals surface area (Å²) in [4.78, 5) is 25.9. The average Bonchev–Trinajstić information content (AvgIpc) is 2.35. The van der Waals surface area contributed by atoms with Gasteiger partial charge in [0.25, 0.3) is 5.56 Å². The number of H-pyrrole nitrogens is 1. The zero-order chi connectivity index (χ0) is 12.3. The number of carbonyl (C=O) groups excluding carboxylic acids is 1. The van der Waals surface area contributed by atoms with Gasteiger partial charge in [-0.1, -0.05) is 0 Å². The molecule has 0 saturated carbocycles. The third-order valence-electron chi connectivity index (χ3n) is 2.79. The van der Waals surface area contributed by atoms with Gasteiger partial charge in [-0.15, -0.1) is 24.8 Å². The van der Waals surface area contributed by atoms with Crippen LogP contribution < -0.4 is 16.2 Å². The summed E-state index contributed by atoms with van der Waals surface area (Å²) in [7, 11) is 0. The van der Waals surface area contributed by atoms with Crippen LogP contribution in [-0.4, -0.2) is 24.0 Å². The van der Waals surface area contributed by atoms with Crippen molar-refractivity contribution in [1.29, 1.82) is 0 Å². The summed E-state index contributed by atoms with van der Waals surface area (Å²) in [5.41, 5.74) is 0.000247. The van der Waals surface area contributed by atoms with Gasteiger partial charge in [-0.2, -0.15) is 0 Å². The van der Waals surface area contributed by atoms with Crippen molar-refractivity contribution in [3.63, 3.8) is 0 Å². The number of hydrogen-bond acceptors (Lipinski definition) is 3. The summed E-state index contributed by atoms with van der Waals surface area (Å²) in [5, 5.41) is 5.84. The Balaban J connectivity index is 0.00000162. The number of halogens is 3. The molecule has 2 rings (SSSR count). The van der Waals surface area contributed by atoms with Crippen molar-refractivity contribution in [2.45, 2.75) is 12.8 Å². The van der Waals surface area contributed by atoms with Gasteiger partial charge in [0.15, 0.2) is 0 Å². The maximum absolute atomic E-state index is 11.9. The summed E-state index contributed by atoms with van der Waals surface area (Å²) in [6, 6.07) is 1.60. The van der Waals surface area contributed by atoms with Crippen LogP contribution in [0.1, 0.15) is 12.8 Å². The van der Waals surface area contributed by atoms with E-state index in [1.165, 1.54) is 0 Å².